The summed E-state index contributed by atoms with van der Waals surface area (Å²) in [5.41, 5.74) is 0. The van der Waals surface area contributed by atoms with Crippen molar-refractivity contribution in [2.75, 3.05) is 0 Å². The number of hydrogen-bond donors (Lipinski definition) is 0. The van der Waals surface area contributed by atoms with Crippen molar-refractivity contribution in [1.82, 2.24) is 0 Å². The molecule has 0 saturated carbocycles. The first-order chi connectivity index (χ1) is 3.06. The van der Waals surface area contributed by atoms with Crippen LogP contribution in [0.1, 0.15) is 0 Å². The monoisotopic (exact) mass is 354 g/mol. The second-order valence-corrected chi connectivity index (χ2v) is 8.31. The van der Waals surface area contributed by atoms with Gasteiger partial charge in [0.2, 0.25) is 0 Å². The predicted molar refractivity (Wildman–Crippen MR) is 47.6 cm³/mol. The molecule has 0 rings (SSSR count). The molecule has 0 heterocycles. The summed E-state index contributed by atoms with van der Waals surface area (Å²) < 4.78 is -0.240. The molecule has 0 saturated heterocycles. The Kier molecular flexibility index (Phi) is 4.50. The van der Waals surface area contributed by atoms with Gasteiger partial charge in [-0.25, -0.2) is 0 Å². The number of alkyl halides is 3. The van der Waals surface area contributed by atoms with Crippen molar-refractivity contribution < 1.29 is 0 Å². The maximum absolute atomic E-state index is 3.26. The molecule has 0 amide bonds. The molecule has 0 aromatic heterocycles. The molecule has 42 valence electrons. The Morgan fingerprint density at radius 1 is 1.14 bits per heavy atom. The standard InChI is InChI=1S/C3H2Br4/c4-2-1-3(5,6)7/h1-2H. The van der Waals surface area contributed by atoms with E-state index in [1.54, 1.807) is 4.99 Å². The molecule has 0 aliphatic heterocycles. The summed E-state index contributed by atoms with van der Waals surface area (Å²) in [6, 6.07) is 0. The van der Waals surface area contributed by atoms with Gasteiger partial charge in [0.25, 0.3) is 0 Å². The third kappa shape index (κ3) is 7.66. The fraction of sp³-hybridized carbons (Fsp3) is 0.333. The molecule has 0 fully saturated rings. The lowest BCUT2D eigenvalue weighted by atomic mass is 10.8. The molecule has 0 radical (unpaired) electrons. The zero-order chi connectivity index (χ0) is 5.91. The lowest BCUT2D eigenvalue weighted by molar-refractivity contribution is 1.67. The van der Waals surface area contributed by atoms with E-state index in [4.69, 9.17) is 0 Å². The largest absolute Gasteiger partial charge is 0.153 e. The van der Waals surface area contributed by atoms with Crippen LogP contribution >= 0.6 is 63.7 Å². The topological polar surface area (TPSA) is 0 Å². The highest BCUT2D eigenvalue weighted by molar-refractivity contribution is 9.39. The molecule has 7 heavy (non-hydrogen) atoms. The molecule has 0 aromatic carbocycles. The first-order valence-corrected chi connectivity index (χ1v) is 4.70. The Labute approximate surface area is 76.2 Å². The summed E-state index contributed by atoms with van der Waals surface area (Å²) in [6.45, 7) is 0. The third-order valence-electron chi connectivity index (χ3n) is 0.252. The highest BCUT2D eigenvalue weighted by Gasteiger charge is 2.10. The second kappa shape index (κ2) is 3.64. The summed E-state index contributed by atoms with van der Waals surface area (Å²) in [4.78, 5) is 1.76. The molecular weight excluding hydrogens is 356 g/mol. The lowest BCUT2D eigenvalue weighted by Gasteiger charge is -2.00. The van der Waals surface area contributed by atoms with Crippen molar-refractivity contribution in [3.63, 3.8) is 0 Å². The average Bonchev–Trinajstić information content (AvgIpc) is 1.30. The van der Waals surface area contributed by atoms with Gasteiger partial charge in [0, 0.05) is 0 Å². The van der Waals surface area contributed by atoms with Crippen LogP contribution in [0.2, 0.25) is 0 Å². The van der Waals surface area contributed by atoms with E-state index in [0.29, 0.717) is 0 Å². The van der Waals surface area contributed by atoms with E-state index in [0.717, 1.165) is 0 Å². The summed E-state index contributed by atoms with van der Waals surface area (Å²) in [7, 11) is 0. The van der Waals surface area contributed by atoms with Gasteiger partial charge < -0.3 is 0 Å². The van der Waals surface area contributed by atoms with Crippen LogP contribution in [0.4, 0.5) is 0 Å². The van der Waals surface area contributed by atoms with Gasteiger partial charge in [0.05, 0.1) is 0 Å². The van der Waals surface area contributed by atoms with Gasteiger partial charge >= 0.3 is 0 Å². The smallest absolute Gasteiger partial charge is 0.0597 e. The maximum Gasteiger partial charge on any atom is 0.153 e. The van der Waals surface area contributed by atoms with Crippen LogP contribution in [0.25, 0.3) is 0 Å². The zero-order valence-electron chi connectivity index (χ0n) is 3.17. The van der Waals surface area contributed by atoms with Crippen LogP contribution in [-0.2, 0) is 0 Å². The Balaban J connectivity index is 3.56. The fourth-order valence-corrected chi connectivity index (χ4v) is 1.93. The van der Waals surface area contributed by atoms with E-state index in [1.807, 2.05) is 6.08 Å². The van der Waals surface area contributed by atoms with Crippen LogP contribution in [0.5, 0.6) is 0 Å². The van der Waals surface area contributed by atoms with Crippen LogP contribution < -0.4 is 0 Å². The third-order valence-corrected chi connectivity index (χ3v) is 1.31. The number of halogens is 4. The van der Waals surface area contributed by atoms with Gasteiger partial charge in [-0.15, -0.1) is 0 Å². The van der Waals surface area contributed by atoms with Gasteiger partial charge in [-0.2, -0.15) is 0 Å². The predicted octanol–water partition coefficient (Wildman–Crippen LogP) is 3.73. The highest BCUT2D eigenvalue weighted by atomic mass is 80.0. The Bertz CT molecular complexity index is 69.5. The first kappa shape index (κ1) is 8.66. The molecule has 0 spiro atoms. The molecule has 0 nitrogen and oxygen atoms in total. The molecule has 0 aliphatic rings. The van der Waals surface area contributed by atoms with Crippen LogP contribution in [0.3, 0.4) is 0 Å². The van der Waals surface area contributed by atoms with Crippen LogP contribution in [-0.4, -0.2) is 2.14 Å². The Morgan fingerprint density at radius 2 is 1.57 bits per heavy atom. The van der Waals surface area contributed by atoms with Crippen molar-refractivity contribution in [2.24, 2.45) is 0 Å². The van der Waals surface area contributed by atoms with Gasteiger partial charge in [-0.05, 0) is 11.1 Å². The van der Waals surface area contributed by atoms with Crippen molar-refractivity contribution in [3.05, 3.63) is 11.1 Å². The van der Waals surface area contributed by atoms with Crippen molar-refractivity contribution in [2.45, 2.75) is 2.14 Å². The van der Waals surface area contributed by atoms with Gasteiger partial charge in [0.15, 0.2) is 2.14 Å². The van der Waals surface area contributed by atoms with Crippen molar-refractivity contribution >= 4 is 63.7 Å². The summed E-state index contributed by atoms with van der Waals surface area (Å²) in [6.07, 6.45) is 1.85. The molecule has 0 atom stereocenters. The van der Waals surface area contributed by atoms with E-state index >= 15 is 0 Å². The van der Waals surface area contributed by atoms with E-state index in [9.17, 15) is 0 Å². The minimum Gasteiger partial charge on any atom is -0.0597 e. The maximum atomic E-state index is 3.26. The number of allylic oxidation sites excluding steroid dienone is 1. The fourth-order valence-electron chi connectivity index (χ4n) is 0.0714. The normalized spacial score (nSPS) is 13.1. The number of rotatable bonds is 0. The molecular formula is C3H2Br4. The van der Waals surface area contributed by atoms with Gasteiger partial charge in [0.1, 0.15) is 0 Å². The lowest BCUT2D eigenvalue weighted by Crippen LogP contribution is -1.88. The van der Waals surface area contributed by atoms with E-state index in [2.05, 4.69) is 63.7 Å². The van der Waals surface area contributed by atoms with Gasteiger partial charge in [-0.1, -0.05) is 63.7 Å². The highest BCUT2D eigenvalue weighted by Crippen LogP contribution is 2.34. The molecule has 4 heteroatoms. The van der Waals surface area contributed by atoms with Gasteiger partial charge in [-0.3, -0.25) is 0 Å². The molecule has 0 unspecified atom stereocenters. The SMILES string of the molecule is BrC=CC(Br)(Br)Br. The first-order valence-electron chi connectivity index (χ1n) is 1.41. The minimum atomic E-state index is -0.240. The summed E-state index contributed by atoms with van der Waals surface area (Å²) in [5.74, 6) is 0. The molecule has 0 aliphatic carbocycles. The Morgan fingerprint density at radius 3 is 1.57 bits per heavy atom. The molecule has 0 aromatic rings. The van der Waals surface area contributed by atoms with E-state index < -0.39 is 0 Å². The van der Waals surface area contributed by atoms with Crippen LogP contribution in [0.15, 0.2) is 11.1 Å². The minimum absolute atomic E-state index is 0.240. The van der Waals surface area contributed by atoms with E-state index in [1.165, 1.54) is 0 Å². The van der Waals surface area contributed by atoms with E-state index in [-0.39, 0.29) is 2.14 Å². The molecule has 0 N–H and O–H groups in total. The number of hydrogen-bond acceptors (Lipinski definition) is 0. The quantitative estimate of drug-likeness (QED) is 0.580. The summed E-state index contributed by atoms with van der Waals surface area (Å²) in [5, 5.41) is 0. The van der Waals surface area contributed by atoms with Crippen molar-refractivity contribution in [3.8, 4) is 0 Å². The van der Waals surface area contributed by atoms with Crippen LogP contribution in [0, 0.1) is 0 Å². The average molecular weight is 358 g/mol. The second-order valence-electron chi connectivity index (χ2n) is 0.834. The zero-order valence-corrected chi connectivity index (χ0v) is 9.51. The van der Waals surface area contributed by atoms with Crippen molar-refractivity contribution in [1.29, 1.82) is 0 Å². The molecule has 0 bridgehead atoms. The Hall–Kier alpha value is 1.66. The summed E-state index contributed by atoms with van der Waals surface area (Å²) >= 11 is 12.9.